The zero-order valence-electron chi connectivity index (χ0n) is 11.2. The fourth-order valence-electron chi connectivity index (χ4n) is 1.63. The van der Waals surface area contributed by atoms with Crippen molar-refractivity contribution in [2.24, 2.45) is 5.92 Å². The first-order valence-corrected chi connectivity index (χ1v) is 6.60. The first-order valence-electron chi connectivity index (χ1n) is 6.60. The van der Waals surface area contributed by atoms with Crippen molar-refractivity contribution in [1.82, 2.24) is 5.32 Å². The summed E-state index contributed by atoms with van der Waals surface area (Å²) in [6.45, 7) is 11.0. The summed E-state index contributed by atoms with van der Waals surface area (Å²) in [6.07, 6.45) is 3.16. The Bertz CT molecular complexity index is 181. The van der Waals surface area contributed by atoms with Crippen LogP contribution in [0.5, 0.6) is 0 Å². The van der Waals surface area contributed by atoms with E-state index in [-0.39, 0.29) is 6.10 Å². The van der Waals surface area contributed by atoms with Gasteiger partial charge in [-0.2, -0.15) is 0 Å². The minimum absolute atomic E-state index is 0.188. The van der Waals surface area contributed by atoms with Gasteiger partial charge in [0.05, 0.1) is 18.8 Å². The minimum atomic E-state index is 0.188. The number of ether oxygens (including phenoxy) is 2. The summed E-state index contributed by atoms with van der Waals surface area (Å²) in [4.78, 5) is 0. The number of rotatable bonds is 9. The highest BCUT2D eigenvalue weighted by Crippen LogP contribution is 2.19. The van der Waals surface area contributed by atoms with E-state index in [1.54, 1.807) is 0 Å². The summed E-state index contributed by atoms with van der Waals surface area (Å²) in [6, 6.07) is 0.757. The summed E-state index contributed by atoms with van der Waals surface area (Å²) in [5.41, 5.74) is 0. The smallest absolute Gasteiger partial charge is 0.0784 e. The largest absolute Gasteiger partial charge is 0.379 e. The Balaban J connectivity index is 2.19. The molecular formula is C13H27NO2. The van der Waals surface area contributed by atoms with Crippen molar-refractivity contribution in [1.29, 1.82) is 0 Å². The summed E-state index contributed by atoms with van der Waals surface area (Å²) in [7, 11) is 0. The molecule has 0 saturated heterocycles. The van der Waals surface area contributed by atoms with Gasteiger partial charge in [-0.1, -0.05) is 13.8 Å². The highest BCUT2D eigenvalue weighted by atomic mass is 16.5. The van der Waals surface area contributed by atoms with Crippen molar-refractivity contribution < 1.29 is 9.47 Å². The fraction of sp³-hybridized carbons (Fsp3) is 1.00. The quantitative estimate of drug-likeness (QED) is 0.657. The predicted octanol–water partition coefficient (Wildman–Crippen LogP) is 2.20. The third kappa shape index (κ3) is 5.83. The van der Waals surface area contributed by atoms with E-state index >= 15 is 0 Å². The van der Waals surface area contributed by atoms with E-state index in [1.807, 2.05) is 6.92 Å². The molecule has 3 nitrogen and oxygen atoms in total. The molecule has 1 fully saturated rings. The van der Waals surface area contributed by atoms with E-state index in [0.717, 1.165) is 19.2 Å². The van der Waals surface area contributed by atoms with Gasteiger partial charge in [0.25, 0.3) is 0 Å². The molecule has 0 radical (unpaired) electrons. The van der Waals surface area contributed by atoms with Crippen LogP contribution >= 0.6 is 0 Å². The van der Waals surface area contributed by atoms with Crippen molar-refractivity contribution >= 4 is 0 Å². The average molecular weight is 229 g/mol. The molecule has 16 heavy (non-hydrogen) atoms. The summed E-state index contributed by atoms with van der Waals surface area (Å²) in [5, 5.41) is 3.53. The average Bonchev–Trinajstić information content (AvgIpc) is 3.04. The van der Waals surface area contributed by atoms with Crippen LogP contribution in [0.15, 0.2) is 0 Å². The van der Waals surface area contributed by atoms with Crippen molar-refractivity contribution in [3.63, 3.8) is 0 Å². The minimum Gasteiger partial charge on any atom is -0.379 e. The Kier molecular flexibility index (Phi) is 6.32. The van der Waals surface area contributed by atoms with Crippen molar-refractivity contribution in [3.05, 3.63) is 0 Å². The van der Waals surface area contributed by atoms with Crippen LogP contribution in [0, 0.1) is 5.92 Å². The lowest BCUT2D eigenvalue weighted by atomic mass is 10.1. The maximum absolute atomic E-state index is 6.00. The SMILES string of the molecule is CCOCC(C)OC(CNC1CC1)C(C)C. The molecule has 3 heteroatoms. The molecule has 2 unspecified atom stereocenters. The Morgan fingerprint density at radius 3 is 2.44 bits per heavy atom. The maximum atomic E-state index is 6.00. The van der Waals surface area contributed by atoms with E-state index in [4.69, 9.17) is 9.47 Å². The summed E-state index contributed by atoms with van der Waals surface area (Å²) < 4.78 is 11.4. The van der Waals surface area contributed by atoms with Gasteiger partial charge in [-0.15, -0.1) is 0 Å². The van der Waals surface area contributed by atoms with Crippen LogP contribution < -0.4 is 5.32 Å². The summed E-state index contributed by atoms with van der Waals surface area (Å²) >= 11 is 0. The molecular weight excluding hydrogens is 202 g/mol. The third-order valence-electron chi connectivity index (χ3n) is 2.89. The van der Waals surface area contributed by atoms with Gasteiger partial charge in [-0.3, -0.25) is 0 Å². The molecule has 1 N–H and O–H groups in total. The molecule has 0 bridgehead atoms. The van der Waals surface area contributed by atoms with Crippen molar-refractivity contribution in [3.8, 4) is 0 Å². The van der Waals surface area contributed by atoms with Crippen LogP contribution in [0.25, 0.3) is 0 Å². The number of hydrogen-bond acceptors (Lipinski definition) is 3. The zero-order valence-corrected chi connectivity index (χ0v) is 11.2. The topological polar surface area (TPSA) is 30.5 Å². The highest BCUT2D eigenvalue weighted by molar-refractivity contribution is 4.82. The number of hydrogen-bond donors (Lipinski definition) is 1. The predicted molar refractivity (Wildman–Crippen MR) is 66.7 cm³/mol. The van der Waals surface area contributed by atoms with Gasteiger partial charge in [0.2, 0.25) is 0 Å². The van der Waals surface area contributed by atoms with E-state index in [2.05, 4.69) is 26.1 Å². The van der Waals surface area contributed by atoms with Crippen LogP contribution in [0.4, 0.5) is 0 Å². The Hall–Kier alpha value is -0.120. The van der Waals surface area contributed by atoms with Gasteiger partial charge < -0.3 is 14.8 Å². The molecule has 0 heterocycles. The first-order chi connectivity index (χ1) is 7.63. The van der Waals surface area contributed by atoms with Crippen molar-refractivity contribution in [2.45, 2.75) is 58.8 Å². The molecule has 0 aromatic carbocycles. The van der Waals surface area contributed by atoms with Gasteiger partial charge in [0.1, 0.15) is 0 Å². The van der Waals surface area contributed by atoms with Gasteiger partial charge in [-0.05, 0) is 32.6 Å². The lowest BCUT2D eigenvalue weighted by Gasteiger charge is -2.26. The standard InChI is InChI=1S/C13H27NO2/c1-5-15-9-11(4)16-13(10(2)3)8-14-12-6-7-12/h10-14H,5-9H2,1-4H3. The van der Waals surface area contributed by atoms with E-state index in [9.17, 15) is 0 Å². The molecule has 0 aliphatic heterocycles. The molecule has 96 valence electrons. The van der Waals surface area contributed by atoms with Crippen molar-refractivity contribution in [2.75, 3.05) is 19.8 Å². The van der Waals surface area contributed by atoms with Gasteiger partial charge >= 0.3 is 0 Å². The maximum Gasteiger partial charge on any atom is 0.0784 e. The molecule has 1 saturated carbocycles. The normalized spacial score (nSPS) is 20.1. The molecule has 0 aromatic heterocycles. The monoisotopic (exact) mass is 229 g/mol. The first kappa shape index (κ1) is 13.9. The fourth-order valence-corrected chi connectivity index (χ4v) is 1.63. The molecule has 1 aliphatic rings. The van der Waals surface area contributed by atoms with Crippen LogP contribution in [-0.4, -0.2) is 38.0 Å². The molecule has 0 amide bonds. The zero-order chi connectivity index (χ0) is 12.0. The summed E-state index contributed by atoms with van der Waals surface area (Å²) in [5.74, 6) is 0.551. The second kappa shape index (κ2) is 7.25. The molecule has 0 spiro atoms. The van der Waals surface area contributed by atoms with Gasteiger partial charge in [0, 0.05) is 19.2 Å². The van der Waals surface area contributed by atoms with Gasteiger partial charge in [-0.25, -0.2) is 0 Å². The van der Waals surface area contributed by atoms with Gasteiger partial charge in [0.15, 0.2) is 0 Å². The van der Waals surface area contributed by atoms with E-state index in [1.165, 1.54) is 12.8 Å². The third-order valence-corrected chi connectivity index (χ3v) is 2.89. The Morgan fingerprint density at radius 1 is 1.25 bits per heavy atom. The Morgan fingerprint density at radius 2 is 1.94 bits per heavy atom. The second-order valence-electron chi connectivity index (χ2n) is 5.07. The number of nitrogens with one attached hydrogen (secondary N) is 1. The van der Waals surface area contributed by atoms with Crippen LogP contribution in [-0.2, 0) is 9.47 Å². The van der Waals surface area contributed by atoms with E-state index < -0.39 is 0 Å². The molecule has 1 rings (SSSR count). The second-order valence-corrected chi connectivity index (χ2v) is 5.07. The molecule has 0 aromatic rings. The van der Waals surface area contributed by atoms with E-state index in [0.29, 0.717) is 18.6 Å². The van der Waals surface area contributed by atoms with Crippen LogP contribution in [0.1, 0.15) is 40.5 Å². The Labute approximate surface area is 99.9 Å². The molecule has 2 atom stereocenters. The lowest BCUT2D eigenvalue weighted by Crippen LogP contribution is -2.37. The molecule has 1 aliphatic carbocycles. The van der Waals surface area contributed by atoms with Crippen LogP contribution in [0.3, 0.4) is 0 Å². The highest BCUT2D eigenvalue weighted by Gasteiger charge is 2.24. The van der Waals surface area contributed by atoms with Crippen LogP contribution in [0.2, 0.25) is 0 Å². The lowest BCUT2D eigenvalue weighted by molar-refractivity contribution is -0.0619.